The Labute approximate surface area is 107 Å². The summed E-state index contributed by atoms with van der Waals surface area (Å²) in [5, 5.41) is 3.10. The predicted octanol–water partition coefficient (Wildman–Crippen LogP) is 1.53. The fourth-order valence-corrected chi connectivity index (χ4v) is 1.20. The fraction of sp³-hybridized carbons (Fsp3) is 0.111. The second-order valence-electron chi connectivity index (χ2n) is 2.94. The molecule has 3 amide bonds. The molecule has 0 saturated carbocycles. The lowest BCUT2D eigenvalue weighted by molar-refractivity contribution is -0.124. The molecule has 0 heterocycles. The van der Waals surface area contributed by atoms with Crippen molar-refractivity contribution < 1.29 is 14.4 Å². The van der Waals surface area contributed by atoms with Gasteiger partial charge in [-0.2, -0.15) is 0 Å². The molecule has 0 fully saturated rings. The van der Waals surface area contributed by atoms with E-state index < -0.39 is 18.5 Å². The van der Waals surface area contributed by atoms with Gasteiger partial charge in [0.1, 0.15) is 0 Å². The lowest BCUT2D eigenvalue weighted by atomic mass is 10.3. The minimum Gasteiger partial charge on any atom is -0.368 e. The highest BCUT2D eigenvalue weighted by atomic mass is 35.5. The average Bonchev–Trinajstić information content (AvgIpc) is 2.23. The lowest BCUT2D eigenvalue weighted by Gasteiger charge is -2.07. The Morgan fingerprint density at radius 3 is 2.59 bits per heavy atom. The first-order chi connectivity index (χ1) is 7.99. The summed E-state index contributed by atoms with van der Waals surface area (Å²) in [4.78, 5) is 26.0. The Bertz CT molecular complexity index is 439. The Morgan fingerprint density at radius 2 is 2.00 bits per heavy atom. The van der Waals surface area contributed by atoms with Crippen LogP contribution >= 0.6 is 23.2 Å². The average molecular weight is 278 g/mol. The van der Waals surface area contributed by atoms with Crippen molar-refractivity contribution in [3.05, 3.63) is 28.2 Å². The van der Waals surface area contributed by atoms with Gasteiger partial charge in [0.2, 0.25) is 5.91 Å². The second kappa shape index (κ2) is 6.29. The molecular formula is C9H9Cl2N3O3. The van der Waals surface area contributed by atoms with Crippen molar-refractivity contribution in [2.24, 2.45) is 5.73 Å². The van der Waals surface area contributed by atoms with E-state index in [4.69, 9.17) is 28.9 Å². The molecule has 17 heavy (non-hydrogen) atoms. The molecule has 92 valence electrons. The van der Waals surface area contributed by atoms with Crippen LogP contribution in [0.3, 0.4) is 0 Å². The van der Waals surface area contributed by atoms with Gasteiger partial charge in [0.05, 0.1) is 10.0 Å². The number of carbonyl (C=O) groups is 2. The molecule has 0 radical (unpaired) electrons. The number of amides is 3. The normalized spacial score (nSPS) is 9.76. The topological polar surface area (TPSA) is 93.5 Å². The van der Waals surface area contributed by atoms with E-state index in [-0.39, 0.29) is 0 Å². The summed E-state index contributed by atoms with van der Waals surface area (Å²) >= 11 is 11.4. The fourth-order valence-electron chi connectivity index (χ4n) is 0.903. The Morgan fingerprint density at radius 1 is 1.29 bits per heavy atom. The van der Waals surface area contributed by atoms with Crippen LogP contribution in [0.25, 0.3) is 0 Å². The van der Waals surface area contributed by atoms with Crippen molar-refractivity contribution in [3.63, 3.8) is 0 Å². The maximum Gasteiger partial charge on any atom is 0.343 e. The molecule has 1 aromatic rings. The molecule has 0 bridgehead atoms. The van der Waals surface area contributed by atoms with E-state index in [0.29, 0.717) is 15.7 Å². The molecule has 6 nitrogen and oxygen atoms in total. The Hall–Kier alpha value is -1.50. The number of halogens is 2. The van der Waals surface area contributed by atoms with Crippen LogP contribution in [0.5, 0.6) is 0 Å². The van der Waals surface area contributed by atoms with Crippen LogP contribution in [0.15, 0.2) is 18.2 Å². The zero-order valence-electron chi connectivity index (χ0n) is 8.50. The number of anilines is 1. The van der Waals surface area contributed by atoms with Gasteiger partial charge in [0.25, 0.3) is 0 Å². The van der Waals surface area contributed by atoms with Gasteiger partial charge >= 0.3 is 6.03 Å². The number of primary amides is 1. The maximum atomic E-state index is 11.2. The van der Waals surface area contributed by atoms with Crippen molar-refractivity contribution >= 4 is 40.8 Å². The SMILES string of the molecule is NC(=O)CONC(=O)Nc1ccc(Cl)c(Cl)c1. The number of urea groups is 1. The number of hydroxylamine groups is 1. The molecule has 0 spiro atoms. The summed E-state index contributed by atoms with van der Waals surface area (Å²) < 4.78 is 0. The number of nitrogens with one attached hydrogen (secondary N) is 2. The molecule has 4 N–H and O–H groups in total. The molecule has 0 unspecified atom stereocenters. The van der Waals surface area contributed by atoms with Gasteiger partial charge in [-0.05, 0) is 18.2 Å². The number of nitrogens with two attached hydrogens (primary N) is 1. The number of hydrogen-bond donors (Lipinski definition) is 3. The van der Waals surface area contributed by atoms with Gasteiger partial charge in [0, 0.05) is 5.69 Å². The van der Waals surface area contributed by atoms with Crippen LogP contribution in [-0.4, -0.2) is 18.5 Å². The lowest BCUT2D eigenvalue weighted by Crippen LogP contribution is -2.32. The van der Waals surface area contributed by atoms with Crippen LogP contribution in [0.2, 0.25) is 10.0 Å². The first kappa shape index (κ1) is 13.6. The van der Waals surface area contributed by atoms with E-state index in [1.54, 1.807) is 6.07 Å². The predicted molar refractivity (Wildman–Crippen MR) is 63.8 cm³/mol. The molecule has 0 aliphatic heterocycles. The molecule has 0 atom stereocenters. The summed E-state index contributed by atoms with van der Waals surface area (Å²) in [6.45, 7) is -0.408. The standard InChI is InChI=1S/C9H9Cl2N3O3/c10-6-2-1-5(3-7(6)11)13-9(16)14-17-4-8(12)15/h1-3H,4H2,(H2,12,15)(H2,13,14,16). The number of benzene rings is 1. The molecular weight excluding hydrogens is 269 g/mol. The Kier molecular flexibility index (Phi) is 5.02. The summed E-state index contributed by atoms with van der Waals surface area (Å²) in [5.74, 6) is -0.695. The van der Waals surface area contributed by atoms with Gasteiger partial charge in [-0.15, -0.1) is 0 Å². The highest BCUT2D eigenvalue weighted by molar-refractivity contribution is 6.42. The molecule has 0 aliphatic carbocycles. The minimum absolute atomic E-state index is 0.308. The van der Waals surface area contributed by atoms with Crippen LogP contribution in [0.1, 0.15) is 0 Å². The highest BCUT2D eigenvalue weighted by Gasteiger charge is 2.04. The van der Waals surface area contributed by atoms with Gasteiger partial charge in [-0.3, -0.25) is 9.63 Å². The molecule has 0 aromatic heterocycles. The Balaban J connectivity index is 2.45. The molecule has 0 saturated heterocycles. The number of rotatable bonds is 4. The van der Waals surface area contributed by atoms with Crippen molar-refractivity contribution in [1.29, 1.82) is 0 Å². The molecule has 1 aromatic carbocycles. The van der Waals surface area contributed by atoms with Crippen molar-refractivity contribution in [2.45, 2.75) is 0 Å². The van der Waals surface area contributed by atoms with Crippen molar-refractivity contribution in [1.82, 2.24) is 5.48 Å². The summed E-state index contributed by atoms with van der Waals surface area (Å²) in [6.07, 6.45) is 0. The molecule has 8 heteroatoms. The summed E-state index contributed by atoms with van der Waals surface area (Å²) in [6, 6.07) is 3.90. The van der Waals surface area contributed by atoms with Crippen LogP contribution in [-0.2, 0) is 9.63 Å². The van der Waals surface area contributed by atoms with E-state index in [9.17, 15) is 9.59 Å². The third-order valence-electron chi connectivity index (χ3n) is 1.56. The number of hydrogen-bond acceptors (Lipinski definition) is 3. The van der Waals surface area contributed by atoms with Crippen molar-refractivity contribution in [3.8, 4) is 0 Å². The van der Waals surface area contributed by atoms with Gasteiger partial charge in [0.15, 0.2) is 6.61 Å². The molecule has 0 aliphatic rings. The van der Waals surface area contributed by atoms with E-state index in [2.05, 4.69) is 10.2 Å². The van der Waals surface area contributed by atoms with E-state index >= 15 is 0 Å². The zero-order valence-corrected chi connectivity index (χ0v) is 10.0. The van der Waals surface area contributed by atoms with Gasteiger partial charge in [-0.25, -0.2) is 10.3 Å². The maximum absolute atomic E-state index is 11.2. The smallest absolute Gasteiger partial charge is 0.343 e. The van der Waals surface area contributed by atoms with Crippen molar-refractivity contribution in [2.75, 3.05) is 11.9 Å². The second-order valence-corrected chi connectivity index (χ2v) is 3.75. The van der Waals surface area contributed by atoms with Crippen LogP contribution < -0.4 is 16.5 Å². The first-order valence-corrected chi connectivity index (χ1v) is 5.17. The largest absolute Gasteiger partial charge is 0.368 e. The minimum atomic E-state index is -0.695. The summed E-state index contributed by atoms with van der Waals surface area (Å²) in [7, 11) is 0. The third kappa shape index (κ3) is 4.90. The monoisotopic (exact) mass is 277 g/mol. The highest BCUT2D eigenvalue weighted by Crippen LogP contribution is 2.24. The third-order valence-corrected chi connectivity index (χ3v) is 2.30. The van der Waals surface area contributed by atoms with E-state index in [1.807, 2.05) is 5.48 Å². The van der Waals surface area contributed by atoms with Crippen LogP contribution in [0, 0.1) is 0 Å². The van der Waals surface area contributed by atoms with Gasteiger partial charge in [-0.1, -0.05) is 23.2 Å². The number of carbonyl (C=O) groups excluding carboxylic acids is 2. The first-order valence-electron chi connectivity index (χ1n) is 4.41. The zero-order chi connectivity index (χ0) is 12.8. The van der Waals surface area contributed by atoms with E-state index in [0.717, 1.165) is 0 Å². The van der Waals surface area contributed by atoms with E-state index in [1.165, 1.54) is 12.1 Å². The van der Waals surface area contributed by atoms with Crippen LogP contribution in [0.4, 0.5) is 10.5 Å². The quantitative estimate of drug-likeness (QED) is 0.729. The molecule has 1 rings (SSSR count). The summed E-state index contributed by atoms with van der Waals surface area (Å²) in [5.41, 5.74) is 7.20. The van der Waals surface area contributed by atoms with Gasteiger partial charge < -0.3 is 11.1 Å².